The Kier molecular flexibility index (Phi) is 4.66. The molecule has 0 aliphatic carbocycles. The Balaban J connectivity index is 2.15. The van der Waals surface area contributed by atoms with Crippen molar-refractivity contribution in [2.45, 2.75) is 12.6 Å². The summed E-state index contributed by atoms with van der Waals surface area (Å²) < 4.78 is 0. The second kappa shape index (κ2) is 5.54. The summed E-state index contributed by atoms with van der Waals surface area (Å²) in [6, 6.07) is 0. The van der Waals surface area contributed by atoms with Crippen LogP contribution in [0.2, 0.25) is 0 Å². The first-order valence-corrected chi connectivity index (χ1v) is 4.82. The molecule has 0 aromatic rings. The zero-order valence-electron chi connectivity index (χ0n) is 8.02. The highest BCUT2D eigenvalue weighted by Crippen LogP contribution is 2.04. The quantitative estimate of drug-likeness (QED) is 0.601. The number of hydrogen-bond acceptors (Lipinski definition) is 4. The lowest BCUT2D eigenvalue weighted by Gasteiger charge is -2.35. The lowest BCUT2D eigenvalue weighted by molar-refractivity contribution is 0.00282. The summed E-state index contributed by atoms with van der Waals surface area (Å²) in [5.41, 5.74) is 0. The van der Waals surface area contributed by atoms with Crippen molar-refractivity contribution in [1.82, 2.24) is 9.80 Å². The van der Waals surface area contributed by atoms with Crippen molar-refractivity contribution in [1.29, 1.82) is 0 Å². The van der Waals surface area contributed by atoms with E-state index in [2.05, 4.69) is 11.8 Å². The van der Waals surface area contributed by atoms with Gasteiger partial charge in [0.05, 0.1) is 0 Å². The van der Waals surface area contributed by atoms with E-state index in [1.54, 1.807) is 0 Å². The predicted octanol–water partition coefficient (Wildman–Crippen LogP) is -0.861. The maximum atomic E-state index is 9.20. The van der Waals surface area contributed by atoms with Gasteiger partial charge in [0.25, 0.3) is 0 Å². The standard InChI is InChI=1S/C9H19N2O2/c1-9(13)11-6-4-10(5-7-11)3-2-8-12/h9,12-13H,1-8H2. The third-order valence-electron chi connectivity index (χ3n) is 2.46. The minimum atomic E-state index is -0.569. The molecule has 0 bridgehead atoms. The van der Waals surface area contributed by atoms with Gasteiger partial charge in [-0.05, 0) is 13.3 Å². The number of rotatable bonds is 4. The fourth-order valence-electron chi connectivity index (χ4n) is 1.58. The van der Waals surface area contributed by atoms with E-state index in [1.165, 1.54) is 0 Å². The Morgan fingerprint density at radius 3 is 2.31 bits per heavy atom. The van der Waals surface area contributed by atoms with Crippen LogP contribution in [-0.2, 0) is 0 Å². The van der Waals surface area contributed by atoms with Gasteiger partial charge < -0.3 is 15.1 Å². The molecule has 0 amide bonds. The van der Waals surface area contributed by atoms with Gasteiger partial charge in [0, 0.05) is 39.3 Å². The van der Waals surface area contributed by atoms with Crippen molar-refractivity contribution >= 4 is 0 Å². The zero-order valence-corrected chi connectivity index (χ0v) is 8.02. The van der Waals surface area contributed by atoms with Gasteiger partial charge in [-0.25, -0.2) is 0 Å². The molecule has 0 aromatic heterocycles. The third-order valence-corrected chi connectivity index (χ3v) is 2.46. The van der Waals surface area contributed by atoms with Gasteiger partial charge in [-0.15, -0.1) is 0 Å². The number of hydrogen-bond donors (Lipinski definition) is 2. The molecule has 1 saturated heterocycles. The van der Waals surface area contributed by atoms with Crippen LogP contribution in [0, 0.1) is 6.92 Å². The second-order valence-electron chi connectivity index (χ2n) is 3.44. The Morgan fingerprint density at radius 2 is 1.85 bits per heavy atom. The van der Waals surface area contributed by atoms with E-state index in [-0.39, 0.29) is 6.61 Å². The molecule has 1 aliphatic heterocycles. The molecule has 0 saturated carbocycles. The van der Waals surface area contributed by atoms with Crippen molar-refractivity contribution in [2.24, 2.45) is 0 Å². The lowest BCUT2D eigenvalue weighted by atomic mass is 10.3. The highest BCUT2D eigenvalue weighted by Gasteiger charge is 2.18. The molecule has 1 aliphatic rings. The molecule has 13 heavy (non-hydrogen) atoms. The van der Waals surface area contributed by atoms with E-state index in [1.807, 2.05) is 4.90 Å². The number of nitrogens with zero attached hydrogens (tertiary/aromatic N) is 2. The van der Waals surface area contributed by atoms with Crippen LogP contribution in [0.3, 0.4) is 0 Å². The largest absolute Gasteiger partial charge is 0.396 e. The Morgan fingerprint density at radius 1 is 1.23 bits per heavy atom. The van der Waals surface area contributed by atoms with E-state index in [0.717, 1.165) is 39.1 Å². The van der Waals surface area contributed by atoms with Crippen molar-refractivity contribution in [3.05, 3.63) is 6.92 Å². The summed E-state index contributed by atoms with van der Waals surface area (Å²) in [5.74, 6) is 0. The highest BCUT2D eigenvalue weighted by molar-refractivity contribution is 4.74. The maximum absolute atomic E-state index is 9.20. The van der Waals surface area contributed by atoms with Crippen molar-refractivity contribution in [3.63, 3.8) is 0 Å². The van der Waals surface area contributed by atoms with Crippen LogP contribution in [0.25, 0.3) is 0 Å². The molecule has 0 aromatic carbocycles. The molecule has 4 heteroatoms. The number of aliphatic hydroxyl groups excluding tert-OH is 2. The fraction of sp³-hybridized carbons (Fsp3) is 0.889. The van der Waals surface area contributed by atoms with Gasteiger partial charge in [-0.2, -0.15) is 0 Å². The average molecular weight is 187 g/mol. The molecular formula is C9H19N2O2. The van der Waals surface area contributed by atoms with Crippen molar-refractivity contribution in [2.75, 3.05) is 39.3 Å². The molecule has 1 fully saturated rings. The molecule has 1 rings (SSSR count). The van der Waals surface area contributed by atoms with Crippen LogP contribution >= 0.6 is 0 Å². The molecule has 1 unspecified atom stereocenters. The Bertz CT molecular complexity index is 134. The normalized spacial score (nSPS) is 23.3. The molecule has 1 radical (unpaired) electrons. The third kappa shape index (κ3) is 3.60. The van der Waals surface area contributed by atoms with E-state index < -0.39 is 6.23 Å². The first kappa shape index (κ1) is 10.9. The van der Waals surface area contributed by atoms with Crippen LogP contribution in [-0.4, -0.2) is 65.6 Å². The first-order chi connectivity index (χ1) is 6.24. The van der Waals surface area contributed by atoms with Crippen LogP contribution in [0.15, 0.2) is 0 Å². The SMILES string of the molecule is [CH2]C(O)N1CCN(CCCO)CC1. The summed E-state index contributed by atoms with van der Waals surface area (Å²) in [6.45, 7) is 8.46. The van der Waals surface area contributed by atoms with E-state index in [9.17, 15) is 5.11 Å². The summed E-state index contributed by atoms with van der Waals surface area (Å²) in [4.78, 5) is 4.25. The number of piperazine rings is 1. The van der Waals surface area contributed by atoms with E-state index in [0.29, 0.717) is 0 Å². The maximum Gasteiger partial charge on any atom is 0.107 e. The predicted molar refractivity (Wildman–Crippen MR) is 51.1 cm³/mol. The summed E-state index contributed by atoms with van der Waals surface area (Å²) in [7, 11) is 0. The van der Waals surface area contributed by atoms with Crippen LogP contribution < -0.4 is 0 Å². The summed E-state index contributed by atoms with van der Waals surface area (Å²) >= 11 is 0. The topological polar surface area (TPSA) is 46.9 Å². The smallest absolute Gasteiger partial charge is 0.107 e. The summed E-state index contributed by atoms with van der Waals surface area (Å²) in [6.07, 6.45) is 0.271. The highest BCUT2D eigenvalue weighted by atomic mass is 16.3. The minimum absolute atomic E-state index is 0.262. The molecule has 2 N–H and O–H groups in total. The second-order valence-corrected chi connectivity index (χ2v) is 3.44. The van der Waals surface area contributed by atoms with Gasteiger partial charge in [0.15, 0.2) is 0 Å². The lowest BCUT2D eigenvalue weighted by Crippen LogP contribution is -2.49. The van der Waals surface area contributed by atoms with Gasteiger partial charge in [-0.1, -0.05) is 0 Å². The average Bonchev–Trinajstić information content (AvgIpc) is 2.15. The molecule has 1 atom stereocenters. The molecule has 0 spiro atoms. The van der Waals surface area contributed by atoms with Crippen LogP contribution in [0.1, 0.15) is 6.42 Å². The van der Waals surface area contributed by atoms with Crippen LogP contribution in [0.5, 0.6) is 0 Å². The molecule has 4 nitrogen and oxygen atoms in total. The Hall–Kier alpha value is -0.160. The van der Waals surface area contributed by atoms with E-state index >= 15 is 0 Å². The first-order valence-electron chi connectivity index (χ1n) is 4.82. The fourth-order valence-corrected chi connectivity index (χ4v) is 1.58. The van der Waals surface area contributed by atoms with Gasteiger partial charge >= 0.3 is 0 Å². The Labute approximate surface area is 79.8 Å². The van der Waals surface area contributed by atoms with Gasteiger partial charge in [0.2, 0.25) is 0 Å². The van der Waals surface area contributed by atoms with Crippen molar-refractivity contribution in [3.8, 4) is 0 Å². The monoisotopic (exact) mass is 187 g/mol. The number of aliphatic hydroxyl groups is 2. The van der Waals surface area contributed by atoms with E-state index in [4.69, 9.17) is 5.11 Å². The molecule has 1 heterocycles. The van der Waals surface area contributed by atoms with Gasteiger partial charge in [-0.3, -0.25) is 4.90 Å². The minimum Gasteiger partial charge on any atom is -0.396 e. The zero-order chi connectivity index (χ0) is 9.68. The molecular weight excluding hydrogens is 168 g/mol. The van der Waals surface area contributed by atoms with Crippen molar-refractivity contribution < 1.29 is 10.2 Å². The summed E-state index contributed by atoms with van der Waals surface area (Å²) in [5, 5.41) is 17.8. The van der Waals surface area contributed by atoms with Gasteiger partial charge in [0.1, 0.15) is 6.23 Å². The molecule has 77 valence electrons. The van der Waals surface area contributed by atoms with Crippen LogP contribution in [0.4, 0.5) is 0 Å².